The fourth-order valence-electron chi connectivity index (χ4n) is 1.46. The highest BCUT2D eigenvalue weighted by Gasteiger charge is 2.31. The van der Waals surface area contributed by atoms with Gasteiger partial charge in [-0.2, -0.15) is 5.10 Å². The number of carbonyl (C=O) groups excluding carboxylic acids is 1. The molecule has 0 bridgehead atoms. The van der Waals surface area contributed by atoms with Crippen molar-refractivity contribution in [3.63, 3.8) is 0 Å². The van der Waals surface area contributed by atoms with Crippen molar-refractivity contribution >= 4 is 11.8 Å². The summed E-state index contributed by atoms with van der Waals surface area (Å²) in [5, 5.41) is 6.42. The first-order valence-electron chi connectivity index (χ1n) is 4.48. The predicted octanol–water partition coefficient (Wildman–Crippen LogP) is 0.0837. The topological polar surface area (TPSA) is 84.2 Å². The van der Waals surface area contributed by atoms with E-state index in [1.165, 1.54) is 0 Å². The van der Waals surface area contributed by atoms with Crippen LogP contribution in [0.5, 0.6) is 0 Å². The fraction of sp³-hybridized carbons (Fsp3) is 0.500. The number of nitrogens with one attached hydrogen (secondary N) is 1. The van der Waals surface area contributed by atoms with Gasteiger partial charge in [0.25, 0.3) is 0 Å². The van der Waals surface area contributed by atoms with Gasteiger partial charge in [0.05, 0.1) is 18.4 Å². The normalized spacial score (nSPS) is 21.4. The van der Waals surface area contributed by atoms with Gasteiger partial charge in [0.2, 0.25) is 0 Å². The van der Waals surface area contributed by atoms with Crippen molar-refractivity contribution in [1.29, 1.82) is 0 Å². The van der Waals surface area contributed by atoms with Gasteiger partial charge in [-0.3, -0.25) is 10.00 Å². The molecular weight excluding hydrogens is 184 g/mol. The van der Waals surface area contributed by atoms with E-state index >= 15 is 0 Å². The summed E-state index contributed by atoms with van der Waals surface area (Å²) in [6, 6.07) is 0. The number of ether oxygens (including phenoxy) is 1. The molecule has 1 aromatic rings. The zero-order valence-corrected chi connectivity index (χ0v) is 7.64. The lowest BCUT2D eigenvalue weighted by Gasteiger charge is -2.08. The second kappa shape index (κ2) is 3.67. The maximum atomic E-state index is 11.4. The molecule has 2 rings (SSSR count). The molecule has 6 nitrogen and oxygen atoms in total. The quantitative estimate of drug-likeness (QED) is 0.717. The molecule has 2 heterocycles. The average molecular weight is 196 g/mol. The second-order valence-corrected chi connectivity index (χ2v) is 3.15. The van der Waals surface area contributed by atoms with Crippen LogP contribution in [0.15, 0.2) is 12.4 Å². The van der Waals surface area contributed by atoms with Crippen molar-refractivity contribution in [1.82, 2.24) is 10.2 Å². The van der Waals surface area contributed by atoms with Crippen molar-refractivity contribution in [2.45, 2.75) is 12.5 Å². The summed E-state index contributed by atoms with van der Waals surface area (Å²) in [4.78, 5) is 12.9. The predicted molar refractivity (Wildman–Crippen MR) is 49.9 cm³/mol. The molecule has 1 atom stereocenters. The Labute approximate surface area is 81.0 Å². The minimum Gasteiger partial charge on any atom is -0.444 e. The summed E-state index contributed by atoms with van der Waals surface area (Å²) in [6.45, 7) is 1.08. The highest BCUT2D eigenvalue weighted by molar-refractivity contribution is 5.89. The van der Waals surface area contributed by atoms with Crippen molar-refractivity contribution in [2.75, 3.05) is 18.0 Å². The van der Waals surface area contributed by atoms with E-state index in [1.807, 2.05) is 0 Å². The number of aromatic amines is 1. The van der Waals surface area contributed by atoms with Crippen molar-refractivity contribution in [3.05, 3.63) is 12.4 Å². The maximum Gasteiger partial charge on any atom is 0.414 e. The smallest absolute Gasteiger partial charge is 0.414 e. The van der Waals surface area contributed by atoms with E-state index in [-0.39, 0.29) is 12.2 Å². The minimum absolute atomic E-state index is 0.0950. The number of hydrogen-bond donors (Lipinski definition) is 2. The number of nitrogens with zero attached hydrogens (tertiary/aromatic N) is 2. The molecule has 0 aromatic carbocycles. The first-order valence-corrected chi connectivity index (χ1v) is 4.48. The number of hydrogen-bond acceptors (Lipinski definition) is 4. The third-order valence-corrected chi connectivity index (χ3v) is 2.16. The zero-order chi connectivity index (χ0) is 9.97. The lowest BCUT2D eigenvalue weighted by molar-refractivity contribution is 0.138. The van der Waals surface area contributed by atoms with Gasteiger partial charge in [0.1, 0.15) is 6.10 Å². The van der Waals surface area contributed by atoms with Gasteiger partial charge in [-0.05, 0) is 13.0 Å². The Morgan fingerprint density at radius 3 is 3.29 bits per heavy atom. The van der Waals surface area contributed by atoms with E-state index in [2.05, 4.69) is 10.2 Å². The van der Waals surface area contributed by atoms with Crippen LogP contribution >= 0.6 is 0 Å². The Morgan fingerprint density at radius 1 is 1.79 bits per heavy atom. The average Bonchev–Trinajstić information content (AvgIpc) is 2.74. The summed E-state index contributed by atoms with van der Waals surface area (Å²) >= 11 is 0. The van der Waals surface area contributed by atoms with Crippen LogP contribution in [0, 0.1) is 0 Å². The van der Waals surface area contributed by atoms with Gasteiger partial charge in [-0.15, -0.1) is 0 Å². The molecule has 1 aliphatic rings. The molecule has 3 N–H and O–H groups in total. The molecule has 14 heavy (non-hydrogen) atoms. The molecule has 1 saturated heterocycles. The van der Waals surface area contributed by atoms with E-state index < -0.39 is 0 Å². The van der Waals surface area contributed by atoms with Gasteiger partial charge in [0.15, 0.2) is 0 Å². The van der Waals surface area contributed by atoms with Gasteiger partial charge in [0, 0.05) is 6.20 Å². The molecule has 1 aliphatic heterocycles. The summed E-state index contributed by atoms with van der Waals surface area (Å²) < 4.78 is 5.10. The Kier molecular flexibility index (Phi) is 2.36. The summed E-state index contributed by atoms with van der Waals surface area (Å²) in [5.74, 6) is 0. The number of amides is 1. The Hall–Kier alpha value is -1.56. The fourth-order valence-corrected chi connectivity index (χ4v) is 1.46. The number of anilines is 1. The molecule has 1 amide bonds. The van der Waals surface area contributed by atoms with Gasteiger partial charge < -0.3 is 10.5 Å². The van der Waals surface area contributed by atoms with Gasteiger partial charge in [-0.1, -0.05) is 0 Å². The highest BCUT2D eigenvalue weighted by atomic mass is 16.6. The molecular formula is C8H12N4O2. The third-order valence-electron chi connectivity index (χ3n) is 2.16. The molecule has 0 saturated carbocycles. The summed E-state index contributed by atoms with van der Waals surface area (Å²) in [5.41, 5.74) is 6.12. The maximum absolute atomic E-state index is 11.4. The number of cyclic esters (lactones) is 1. The number of aromatic nitrogens is 2. The molecule has 0 radical (unpaired) electrons. The van der Waals surface area contributed by atoms with Crippen molar-refractivity contribution in [3.8, 4) is 0 Å². The number of nitrogens with two attached hydrogens (primary N) is 1. The van der Waals surface area contributed by atoms with Crippen LogP contribution in [-0.4, -0.2) is 35.5 Å². The third kappa shape index (κ3) is 1.56. The number of carbonyl (C=O) groups is 1. The second-order valence-electron chi connectivity index (χ2n) is 3.15. The van der Waals surface area contributed by atoms with Crippen LogP contribution < -0.4 is 10.6 Å². The minimum atomic E-state index is -0.329. The Morgan fingerprint density at radius 2 is 2.64 bits per heavy atom. The van der Waals surface area contributed by atoms with Gasteiger partial charge >= 0.3 is 6.09 Å². The first kappa shape index (κ1) is 9.01. The van der Waals surface area contributed by atoms with Gasteiger partial charge in [-0.25, -0.2) is 4.79 Å². The molecule has 6 heteroatoms. The van der Waals surface area contributed by atoms with E-state index in [0.717, 1.165) is 5.69 Å². The first-order chi connectivity index (χ1) is 6.81. The van der Waals surface area contributed by atoms with Crippen LogP contribution in [0.1, 0.15) is 6.42 Å². The summed E-state index contributed by atoms with van der Waals surface area (Å²) in [7, 11) is 0. The molecule has 1 fully saturated rings. The SMILES string of the molecule is NCCC1CN(c2cn[nH]c2)C(=O)O1. The standard InChI is InChI=1S/C8H12N4O2/c9-2-1-7-5-12(8(13)14-7)6-3-10-11-4-6/h3-4,7H,1-2,5,9H2,(H,10,11). The number of H-pyrrole nitrogens is 1. The monoisotopic (exact) mass is 196 g/mol. The van der Waals surface area contributed by atoms with E-state index in [4.69, 9.17) is 10.5 Å². The largest absolute Gasteiger partial charge is 0.444 e. The molecule has 0 spiro atoms. The molecule has 76 valence electrons. The summed E-state index contributed by atoms with van der Waals surface area (Å²) in [6.07, 6.45) is 3.52. The van der Waals surface area contributed by atoms with Crippen LogP contribution in [0.4, 0.5) is 10.5 Å². The highest BCUT2D eigenvalue weighted by Crippen LogP contribution is 2.20. The Balaban J connectivity index is 2.05. The van der Waals surface area contributed by atoms with E-state index in [1.54, 1.807) is 17.3 Å². The molecule has 1 aromatic heterocycles. The van der Waals surface area contributed by atoms with Crippen molar-refractivity contribution < 1.29 is 9.53 Å². The zero-order valence-electron chi connectivity index (χ0n) is 7.64. The van der Waals surface area contributed by atoms with E-state index in [0.29, 0.717) is 19.5 Å². The van der Waals surface area contributed by atoms with Crippen molar-refractivity contribution in [2.24, 2.45) is 5.73 Å². The Bertz CT molecular complexity index is 311. The number of rotatable bonds is 3. The lowest BCUT2D eigenvalue weighted by Crippen LogP contribution is -2.24. The molecule has 1 unspecified atom stereocenters. The van der Waals surface area contributed by atoms with Crippen LogP contribution in [0.3, 0.4) is 0 Å². The van der Waals surface area contributed by atoms with Crippen LogP contribution in [0.25, 0.3) is 0 Å². The van der Waals surface area contributed by atoms with Crippen LogP contribution in [0.2, 0.25) is 0 Å². The van der Waals surface area contributed by atoms with E-state index in [9.17, 15) is 4.79 Å². The lowest BCUT2D eigenvalue weighted by atomic mass is 10.2. The van der Waals surface area contributed by atoms with Crippen LogP contribution in [-0.2, 0) is 4.74 Å². The molecule has 0 aliphatic carbocycles.